The Balaban J connectivity index is 1.50. The summed E-state index contributed by atoms with van der Waals surface area (Å²) in [4.78, 5) is 47.9. The second-order valence-electron chi connectivity index (χ2n) is 6.30. The summed E-state index contributed by atoms with van der Waals surface area (Å²) < 4.78 is 0. The van der Waals surface area contributed by atoms with Gasteiger partial charge < -0.3 is 9.80 Å². The lowest BCUT2D eigenvalue weighted by Gasteiger charge is -2.34. The highest BCUT2D eigenvalue weighted by atomic mass is 16.2. The molecule has 0 aromatic carbocycles. The Morgan fingerprint density at radius 2 is 1.76 bits per heavy atom. The number of hydrazine groups is 1. The summed E-state index contributed by atoms with van der Waals surface area (Å²) in [6.07, 6.45) is 7.73. The number of rotatable bonds is 2. The maximum atomic E-state index is 12.5. The zero-order chi connectivity index (χ0) is 17.6. The van der Waals surface area contributed by atoms with E-state index in [-0.39, 0.29) is 23.6 Å². The molecule has 2 aliphatic heterocycles. The zero-order valence-corrected chi connectivity index (χ0v) is 14.0. The van der Waals surface area contributed by atoms with E-state index in [2.05, 4.69) is 20.8 Å². The van der Waals surface area contributed by atoms with Gasteiger partial charge in [0.05, 0.1) is 12.1 Å². The van der Waals surface area contributed by atoms with Crippen LogP contribution in [-0.2, 0) is 4.79 Å². The topological polar surface area (TPSA) is 108 Å². The molecule has 2 N–H and O–H groups in total. The van der Waals surface area contributed by atoms with Gasteiger partial charge in [0.25, 0.3) is 5.91 Å². The second-order valence-corrected chi connectivity index (χ2v) is 6.30. The van der Waals surface area contributed by atoms with E-state index in [0.717, 1.165) is 32.4 Å². The number of nitrogens with zero attached hydrogens (tertiary/aromatic N) is 4. The number of carbonyl (C=O) groups excluding carboxylic acids is 3. The number of aromatic nitrogens is 2. The van der Waals surface area contributed by atoms with E-state index < -0.39 is 5.91 Å². The summed E-state index contributed by atoms with van der Waals surface area (Å²) in [6, 6.07) is 0.0126. The molecule has 2 aliphatic rings. The average molecular weight is 346 g/mol. The Bertz CT molecular complexity index is 632. The molecule has 9 nitrogen and oxygen atoms in total. The van der Waals surface area contributed by atoms with Crippen molar-refractivity contribution in [2.45, 2.75) is 25.7 Å². The lowest BCUT2D eigenvalue weighted by atomic mass is 9.97. The normalized spacial score (nSPS) is 20.2. The molecule has 25 heavy (non-hydrogen) atoms. The minimum atomic E-state index is -0.526. The molecule has 1 aromatic heterocycles. The molecule has 3 rings (SSSR count). The van der Waals surface area contributed by atoms with Crippen molar-refractivity contribution < 1.29 is 14.4 Å². The van der Waals surface area contributed by atoms with Crippen LogP contribution < -0.4 is 10.9 Å². The van der Waals surface area contributed by atoms with Crippen LogP contribution in [0, 0.1) is 5.92 Å². The highest BCUT2D eigenvalue weighted by Crippen LogP contribution is 2.19. The summed E-state index contributed by atoms with van der Waals surface area (Å²) in [5.74, 6) is -1.15. The van der Waals surface area contributed by atoms with Crippen LogP contribution in [0.1, 0.15) is 36.2 Å². The van der Waals surface area contributed by atoms with Crippen LogP contribution >= 0.6 is 0 Å². The third-order valence-corrected chi connectivity index (χ3v) is 4.53. The summed E-state index contributed by atoms with van der Waals surface area (Å²) in [6.45, 7) is 2.63. The average Bonchev–Trinajstić information content (AvgIpc) is 3.20. The number of nitrogens with one attached hydrogen (secondary N) is 2. The van der Waals surface area contributed by atoms with Crippen molar-refractivity contribution in [2.75, 3.05) is 26.2 Å². The van der Waals surface area contributed by atoms with Gasteiger partial charge in [-0.25, -0.2) is 9.78 Å². The molecule has 0 unspecified atom stereocenters. The molecule has 3 heterocycles. The summed E-state index contributed by atoms with van der Waals surface area (Å²) in [7, 11) is 0. The zero-order valence-electron chi connectivity index (χ0n) is 14.0. The van der Waals surface area contributed by atoms with Gasteiger partial charge >= 0.3 is 6.03 Å². The SMILES string of the molecule is O=C(NNC(=O)[C@H]1CCCN(C(=O)N2CCCC2)C1)c1cnccn1. The summed E-state index contributed by atoms with van der Waals surface area (Å²) in [5, 5.41) is 0. The van der Waals surface area contributed by atoms with E-state index >= 15 is 0 Å². The standard InChI is InChI=1S/C16H22N6O3/c23-14(19-20-15(24)13-10-17-5-6-18-13)12-4-3-9-22(11-12)16(25)21-7-1-2-8-21/h5-6,10,12H,1-4,7-9,11H2,(H,19,23)(H,20,24)/t12-/m0/s1. The predicted octanol–water partition coefficient (Wildman–Crippen LogP) is 0.165. The van der Waals surface area contributed by atoms with Gasteiger partial charge in [0.15, 0.2) is 0 Å². The van der Waals surface area contributed by atoms with Crippen molar-refractivity contribution in [3.8, 4) is 0 Å². The van der Waals surface area contributed by atoms with Crippen LogP contribution in [0.4, 0.5) is 4.79 Å². The van der Waals surface area contributed by atoms with Crippen LogP contribution in [0.25, 0.3) is 0 Å². The van der Waals surface area contributed by atoms with Gasteiger partial charge in [0.1, 0.15) is 5.69 Å². The largest absolute Gasteiger partial charge is 0.325 e. The minimum absolute atomic E-state index is 0.0126. The Labute approximate surface area is 145 Å². The monoisotopic (exact) mass is 346 g/mol. The Kier molecular flexibility index (Phi) is 5.42. The third-order valence-electron chi connectivity index (χ3n) is 4.53. The molecule has 2 saturated heterocycles. The molecule has 1 aromatic rings. The molecule has 0 spiro atoms. The van der Waals surface area contributed by atoms with Crippen molar-refractivity contribution >= 4 is 17.8 Å². The fraction of sp³-hybridized carbons (Fsp3) is 0.562. The molecule has 9 heteroatoms. The highest BCUT2D eigenvalue weighted by Gasteiger charge is 2.31. The first-order valence-electron chi connectivity index (χ1n) is 8.55. The molecular weight excluding hydrogens is 324 g/mol. The molecule has 2 fully saturated rings. The summed E-state index contributed by atoms with van der Waals surface area (Å²) in [5.41, 5.74) is 4.88. The fourth-order valence-corrected chi connectivity index (χ4v) is 3.17. The number of carbonyl (C=O) groups is 3. The van der Waals surface area contributed by atoms with Gasteiger partial charge in [-0.15, -0.1) is 0 Å². The lowest BCUT2D eigenvalue weighted by molar-refractivity contribution is -0.127. The first kappa shape index (κ1) is 17.1. The van der Waals surface area contributed by atoms with Crippen molar-refractivity contribution in [3.05, 3.63) is 24.3 Å². The van der Waals surface area contributed by atoms with E-state index in [1.165, 1.54) is 18.6 Å². The maximum Gasteiger partial charge on any atom is 0.320 e. The highest BCUT2D eigenvalue weighted by molar-refractivity contribution is 5.93. The molecule has 4 amide bonds. The quantitative estimate of drug-likeness (QED) is 0.742. The van der Waals surface area contributed by atoms with Crippen molar-refractivity contribution in [2.24, 2.45) is 5.92 Å². The molecular formula is C16H22N6O3. The first-order chi connectivity index (χ1) is 12.1. The lowest BCUT2D eigenvalue weighted by Crippen LogP contribution is -2.52. The smallest absolute Gasteiger partial charge is 0.320 e. The number of hydrogen-bond acceptors (Lipinski definition) is 5. The van der Waals surface area contributed by atoms with Crippen molar-refractivity contribution in [1.29, 1.82) is 0 Å². The molecule has 0 bridgehead atoms. The molecule has 0 saturated carbocycles. The van der Waals surface area contributed by atoms with Crippen LogP contribution in [0.5, 0.6) is 0 Å². The van der Waals surface area contributed by atoms with Crippen molar-refractivity contribution in [1.82, 2.24) is 30.6 Å². The van der Waals surface area contributed by atoms with E-state index in [0.29, 0.717) is 19.5 Å². The van der Waals surface area contributed by atoms with Gasteiger partial charge in [-0.2, -0.15) is 0 Å². The Morgan fingerprint density at radius 1 is 1.00 bits per heavy atom. The minimum Gasteiger partial charge on any atom is -0.325 e. The van der Waals surface area contributed by atoms with Gasteiger partial charge in [-0.1, -0.05) is 0 Å². The number of amides is 4. The van der Waals surface area contributed by atoms with Crippen LogP contribution in [-0.4, -0.2) is 63.8 Å². The second kappa shape index (κ2) is 7.91. The van der Waals surface area contributed by atoms with E-state index in [1.54, 1.807) is 4.90 Å². The Morgan fingerprint density at radius 3 is 2.48 bits per heavy atom. The predicted molar refractivity (Wildman–Crippen MR) is 88.1 cm³/mol. The van der Waals surface area contributed by atoms with E-state index in [1.807, 2.05) is 4.90 Å². The molecule has 0 radical (unpaired) electrons. The molecule has 1 atom stereocenters. The number of hydrogen-bond donors (Lipinski definition) is 2. The van der Waals surface area contributed by atoms with Gasteiger partial charge in [-0.05, 0) is 25.7 Å². The van der Waals surface area contributed by atoms with Crippen molar-refractivity contribution in [3.63, 3.8) is 0 Å². The fourth-order valence-electron chi connectivity index (χ4n) is 3.17. The number of piperidine rings is 1. The van der Waals surface area contributed by atoms with Crippen LogP contribution in [0.2, 0.25) is 0 Å². The maximum absolute atomic E-state index is 12.5. The van der Waals surface area contributed by atoms with Gasteiger partial charge in [0, 0.05) is 38.6 Å². The van der Waals surface area contributed by atoms with E-state index in [9.17, 15) is 14.4 Å². The molecule has 134 valence electrons. The van der Waals surface area contributed by atoms with Gasteiger partial charge in [-0.3, -0.25) is 25.4 Å². The first-order valence-corrected chi connectivity index (χ1v) is 8.55. The van der Waals surface area contributed by atoms with Gasteiger partial charge in [0.2, 0.25) is 5.91 Å². The number of urea groups is 1. The van der Waals surface area contributed by atoms with E-state index in [4.69, 9.17) is 0 Å². The third kappa shape index (κ3) is 4.23. The van der Waals surface area contributed by atoms with Crippen LogP contribution in [0.15, 0.2) is 18.6 Å². The van der Waals surface area contributed by atoms with Crippen LogP contribution in [0.3, 0.4) is 0 Å². The molecule has 0 aliphatic carbocycles. The Hall–Kier alpha value is -2.71. The summed E-state index contributed by atoms with van der Waals surface area (Å²) >= 11 is 0. The number of likely N-dealkylation sites (tertiary alicyclic amines) is 2.